The van der Waals surface area contributed by atoms with Gasteiger partial charge in [0.05, 0.1) is 6.04 Å². The average Bonchev–Trinajstić information content (AvgIpc) is 2.18. The van der Waals surface area contributed by atoms with E-state index in [-0.39, 0.29) is 5.91 Å². The predicted octanol–water partition coefficient (Wildman–Crippen LogP) is 1.49. The minimum atomic E-state index is -0.517. The molecule has 0 aliphatic heterocycles. The molecular weight excluding hydrogens is 190 g/mol. The summed E-state index contributed by atoms with van der Waals surface area (Å²) in [5, 5.41) is 2.63. The van der Waals surface area contributed by atoms with E-state index in [0.29, 0.717) is 11.7 Å². The van der Waals surface area contributed by atoms with Crippen molar-refractivity contribution >= 4 is 11.7 Å². The van der Waals surface area contributed by atoms with Crippen LogP contribution in [0.15, 0.2) is 18.3 Å². The van der Waals surface area contributed by atoms with E-state index in [1.54, 1.807) is 19.2 Å². The number of hydrogen-bond acceptors (Lipinski definition) is 3. The predicted molar refractivity (Wildman–Crippen MR) is 60.6 cm³/mol. The number of carbonyl (C=O) groups is 1. The molecule has 0 unspecified atom stereocenters. The first-order valence-electron chi connectivity index (χ1n) is 5.03. The van der Waals surface area contributed by atoms with Crippen molar-refractivity contribution < 1.29 is 4.79 Å². The number of pyridine rings is 1. The molecule has 1 heterocycles. The van der Waals surface area contributed by atoms with E-state index >= 15 is 0 Å². The Kier molecular flexibility index (Phi) is 3.80. The highest BCUT2D eigenvalue weighted by atomic mass is 16.2. The van der Waals surface area contributed by atoms with Crippen molar-refractivity contribution in [3.8, 4) is 0 Å². The monoisotopic (exact) mass is 207 g/mol. The Balaban J connectivity index is 2.69. The maximum Gasteiger partial charge on any atom is 0.242 e. The first-order chi connectivity index (χ1) is 7.00. The lowest BCUT2D eigenvalue weighted by atomic mass is 10.1. The molecule has 0 saturated heterocycles. The van der Waals surface area contributed by atoms with Crippen molar-refractivity contribution in [1.29, 1.82) is 0 Å². The molecule has 15 heavy (non-hydrogen) atoms. The molecule has 0 spiro atoms. The number of nitrogens with one attached hydrogen (secondary N) is 1. The SMILES string of the molecule is CC(C)c1ccc(NC(=O)[C@@H](C)N)nc1. The molecule has 0 aliphatic rings. The molecule has 82 valence electrons. The van der Waals surface area contributed by atoms with E-state index < -0.39 is 6.04 Å². The summed E-state index contributed by atoms with van der Waals surface area (Å²) in [4.78, 5) is 15.4. The summed E-state index contributed by atoms with van der Waals surface area (Å²) in [6.07, 6.45) is 1.77. The molecule has 1 amide bonds. The topological polar surface area (TPSA) is 68.0 Å². The van der Waals surface area contributed by atoms with E-state index in [0.717, 1.165) is 5.56 Å². The van der Waals surface area contributed by atoms with E-state index in [9.17, 15) is 4.79 Å². The first kappa shape index (κ1) is 11.7. The van der Waals surface area contributed by atoms with Crippen molar-refractivity contribution in [2.24, 2.45) is 5.73 Å². The van der Waals surface area contributed by atoms with Crippen LogP contribution in [0.25, 0.3) is 0 Å². The molecule has 1 rings (SSSR count). The maximum atomic E-state index is 11.3. The summed E-state index contributed by atoms with van der Waals surface area (Å²) < 4.78 is 0. The second-order valence-electron chi connectivity index (χ2n) is 3.91. The summed E-state index contributed by atoms with van der Waals surface area (Å²) in [6, 6.07) is 3.22. The third-order valence-corrected chi connectivity index (χ3v) is 2.12. The number of amides is 1. The van der Waals surface area contributed by atoms with Gasteiger partial charge in [0, 0.05) is 6.20 Å². The minimum absolute atomic E-state index is 0.222. The van der Waals surface area contributed by atoms with Crippen LogP contribution in [-0.4, -0.2) is 16.9 Å². The van der Waals surface area contributed by atoms with Gasteiger partial charge in [0.15, 0.2) is 0 Å². The Hall–Kier alpha value is -1.42. The molecule has 1 aromatic heterocycles. The Morgan fingerprint density at radius 2 is 2.07 bits per heavy atom. The van der Waals surface area contributed by atoms with Gasteiger partial charge in [-0.2, -0.15) is 0 Å². The van der Waals surface area contributed by atoms with E-state index in [4.69, 9.17) is 5.73 Å². The van der Waals surface area contributed by atoms with Gasteiger partial charge in [-0.15, -0.1) is 0 Å². The van der Waals surface area contributed by atoms with Crippen LogP contribution in [0, 0.1) is 0 Å². The molecule has 0 aromatic carbocycles. The molecule has 3 N–H and O–H groups in total. The fraction of sp³-hybridized carbons (Fsp3) is 0.455. The maximum absolute atomic E-state index is 11.3. The molecule has 1 aromatic rings. The molecule has 0 fully saturated rings. The van der Waals surface area contributed by atoms with Gasteiger partial charge in [-0.1, -0.05) is 19.9 Å². The summed E-state index contributed by atoms with van der Waals surface area (Å²) in [7, 11) is 0. The molecule has 4 nitrogen and oxygen atoms in total. The minimum Gasteiger partial charge on any atom is -0.320 e. The normalized spacial score (nSPS) is 12.6. The molecule has 1 atom stereocenters. The Labute approximate surface area is 89.9 Å². The summed E-state index contributed by atoms with van der Waals surface area (Å²) in [5.41, 5.74) is 6.57. The number of anilines is 1. The highest BCUT2D eigenvalue weighted by Gasteiger charge is 2.08. The van der Waals surface area contributed by atoms with Gasteiger partial charge in [0.1, 0.15) is 5.82 Å². The van der Waals surface area contributed by atoms with Gasteiger partial charge in [-0.25, -0.2) is 4.98 Å². The zero-order valence-corrected chi connectivity index (χ0v) is 9.32. The Morgan fingerprint density at radius 1 is 1.40 bits per heavy atom. The molecule has 0 aliphatic carbocycles. The van der Waals surface area contributed by atoms with Crippen LogP contribution in [0.1, 0.15) is 32.3 Å². The van der Waals surface area contributed by atoms with Crippen LogP contribution in [0.3, 0.4) is 0 Å². The number of nitrogens with zero attached hydrogens (tertiary/aromatic N) is 1. The van der Waals surface area contributed by atoms with E-state index in [1.807, 2.05) is 6.07 Å². The molecule has 0 bridgehead atoms. The fourth-order valence-corrected chi connectivity index (χ4v) is 1.06. The summed E-state index contributed by atoms with van der Waals surface area (Å²) in [5.74, 6) is 0.761. The number of hydrogen-bond donors (Lipinski definition) is 2. The zero-order chi connectivity index (χ0) is 11.4. The number of rotatable bonds is 3. The van der Waals surface area contributed by atoms with Crippen LogP contribution in [0.2, 0.25) is 0 Å². The summed E-state index contributed by atoms with van der Waals surface area (Å²) >= 11 is 0. The van der Waals surface area contributed by atoms with E-state index in [1.165, 1.54) is 0 Å². The lowest BCUT2D eigenvalue weighted by Gasteiger charge is -2.08. The standard InChI is InChI=1S/C11H17N3O/c1-7(2)9-4-5-10(13-6-9)14-11(15)8(3)12/h4-8H,12H2,1-3H3,(H,13,14,15)/t8-/m1/s1. The summed E-state index contributed by atoms with van der Waals surface area (Å²) in [6.45, 7) is 5.83. The largest absolute Gasteiger partial charge is 0.320 e. The first-order valence-corrected chi connectivity index (χ1v) is 5.03. The third-order valence-electron chi connectivity index (χ3n) is 2.12. The molecular formula is C11H17N3O. The fourth-order valence-electron chi connectivity index (χ4n) is 1.06. The molecule has 0 radical (unpaired) electrons. The number of aromatic nitrogens is 1. The second kappa shape index (κ2) is 4.89. The van der Waals surface area contributed by atoms with Crippen molar-refractivity contribution in [3.05, 3.63) is 23.9 Å². The van der Waals surface area contributed by atoms with E-state index in [2.05, 4.69) is 24.1 Å². The van der Waals surface area contributed by atoms with Crippen LogP contribution in [-0.2, 0) is 4.79 Å². The molecule has 4 heteroatoms. The van der Waals surface area contributed by atoms with Crippen molar-refractivity contribution in [3.63, 3.8) is 0 Å². The number of nitrogens with two attached hydrogens (primary N) is 1. The van der Waals surface area contributed by atoms with Gasteiger partial charge < -0.3 is 11.1 Å². The average molecular weight is 207 g/mol. The lowest BCUT2D eigenvalue weighted by molar-refractivity contribution is -0.117. The van der Waals surface area contributed by atoms with Crippen molar-refractivity contribution in [1.82, 2.24) is 4.98 Å². The van der Waals surface area contributed by atoms with Gasteiger partial charge in [-0.3, -0.25) is 4.79 Å². The quantitative estimate of drug-likeness (QED) is 0.789. The van der Waals surface area contributed by atoms with Gasteiger partial charge in [-0.05, 0) is 24.5 Å². The third kappa shape index (κ3) is 3.32. The Bertz CT molecular complexity index is 330. The van der Waals surface area contributed by atoms with Crippen LogP contribution >= 0.6 is 0 Å². The van der Waals surface area contributed by atoms with Gasteiger partial charge in [0.25, 0.3) is 0 Å². The smallest absolute Gasteiger partial charge is 0.242 e. The zero-order valence-electron chi connectivity index (χ0n) is 9.32. The van der Waals surface area contributed by atoms with Gasteiger partial charge in [0.2, 0.25) is 5.91 Å². The van der Waals surface area contributed by atoms with Crippen molar-refractivity contribution in [2.45, 2.75) is 32.7 Å². The second-order valence-corrected chi connectivity index (χ2v) is 3.91. The lowest BCUT2D eigenvalue weighted by Crippen LogP contribution is -2.32. The van der Waals surface area contributed by atoms with Gasteiger partial charge >= 0.3 is 0 Å². The van der Waals surface area contributed by atoms with Crippen LogP contribution in [0.4, 0.5) is 5.82 Å². The Morgan fingerprint density at radius 3 is 2.47 bits per heavy atom. The van der Waals surface area contributed by atoms with Crippen molar-refractivity contribution in [2.75, 3.05) is 5.32 Å². The van der Waals surface area contributed by atoms with Crippen LogP contribution in [0.5, 0.6) is 0 Å². The number of carbonyl (C=O) groups excluding carboxylic acids is 1. The van der Waals surface area contributed by atoms with Crippen LogP contribution < -0.4 is 11.1 Å². The highest BCUT2D eigenvalue weighted by molar-refractivity contribution is 5.93. The highest BCUT2D eigenvalue weighted by Crippen LogP contribution is 2.14. The molecule has 0 saturated carbocycles.